The van der Waals surface area contributed by atoms with Gasteiger partial charge < -0.3 is 5.32 Å². The molecular formula is C14H14BrF2NS. The van der Waals surface area contributed by atoms with Crippen molar-refractivity contribution in [3.63, 3.8) is 0 Å². The fourth-order valence-electron chi connectivity index (χ4n) is 1.83. The Kier molecular flexibility index (Phi) is 5.07. The molecule has 19 heavy (non-hydrogen) atoms. The number of halogens is 3. The van der Waals surface area contributed by atoms with Crippen molar-refractivity contribution in [1.82, 2.24) is 5.32 Å². The highest BCUT2D eigenvalue weighted by molar-refractivity contribution is 9.10. The van der Waals surface area contributed by atoms with Gasteiger partial charge in [0, 0.05) is 32.9 Å². The van der Waals surface area contributed by atoms with Crippen LogP contribution in [0.1, 0.15) is 17.4 Å². The lowest BCUT2D eigenvalue weighted by Crippen LogP contribution is -2.28. The van der Waals surface area contributed by atoms with Gasteiger partial charge in [-0.25, -0.2) is 8.78 Å². The zero-order valence-corrected chi connectivity index (χ0v) is 12.8. The predicted octanol–water partition coefficient (Wildman–Crippen LogP) is 4.51. The summed E-state index contributed by atoms with van der Waals surface area (Å²) in [5, 5.41) is 5.28. The van der Waals surface area contributed by atoms with Gasteiger partial charge in [0.2, 0.25) is 0 Å². The van der Waals surface area contributed by atoms with Gasteiger partial charge in [-0.1, -0.05) is 6.07 Å². The molecule has 0 amide bonds. The van der Waals surface area contributed by atoms with Gasteiger partial charge in [-0.05, 0) is 47.5 Å². The Morgan fingerprint density at radius 3 is 2.58 bits per heavy atom. The molecule has 1 aromatic carbocycles. The van der Waals surface area contributed by atoms with Crippen molar-refractivity contribution >= 4 is 27.3 Å². The topological polar surface area (TPSA) is 12.0 Å². The van der Waals surface area contributed by atoms with Gasteiger partial charge >= 0.3 is 0 Å². The fraction of sp³-hybridized carbons (Fsp3) is 0.286. The first kappa shape index (κ1) is 14.6. The summed E-state index contributed by atoms with van der Waals surface area (Å²) in [6.45, 7) is 2.63. The Balaban J connectivity index is 1.92. The average molecular weight is 346 g/mol. The van der Waals surface area contributed by atoms with Crippen molar-refractivity contribution in [1.29, 1.82) is 0 Å². The second-order valence-corrected chi connectivity index (χ2v) is 6.33. The zero-order valence-electron chi connectivity index (χ0n) is 10.4. The van der Waals surface area contributed by atoms with Crippen LogP contribution >= 0.6 is 27.3 Å². The smallest absolute Gasteiger partial charge is 0.129 e. The molecule has 102 valence electrons. The predicted molar refractivity (Wildman–Crippen MR) is 78.4 cm³/mol. The van der Waals surface area contributed by atoms with Crippen LogP contribution in [0.3, 0.4) is 0 Å². The molecule has 0 aliphatic heterocycles. The molecule has 0 aliphatic carbocycles. The normalized spacial score (nSPS) is 12.6. The minimum atomic E-state index is -0.479. The molecule has 2 rings (SSSR count). The number of thiophene rings is 1. The molecule has 0 radical (unpaired) electrons. The van der Waals surface area contributed by atoms with Crippen LogP contribution in [-0.4, -0.2) is 6.04 Å². The summed E-state index contributed by atoms with van der Waals surface area (Å²) in [6.07, 6.45) is 0.338. The van der Waals surface area contributed by atoms with E-state index in [1.165, 1.54) is 23.1 Å². The number of rotatable bonds is 5. The van der Waals surface area contributed by atoms with Crippen LogP contribution in [0.4, 0.5) is 8.78 Å². The van der Waals surface area contributed by atoms with E-state index in [0.29, 0.717) is 13.0 Å². The highest BCUT2D eigenvalue weighted by atomic mass is 79.9. The van der Waals surface area contributed by atoms with E-state index >= 15 is 0 Å². The second kappa shape index (κ2) is 6.59. The third kappa shape index (κ3) is 4.09. The molecule has 5 heteroatoms. The van der Waals surface area contributed by atoms with E-state index in [2.05, 4.69) is 21.2 Å². The molecule has 1 aromatic heterocycles. The molecule has 1 atom stereocenters. The summed E-state index contributed by atoms with van der Waals surface area (Å²) in [7, 11) is 0. The minimum absolute atomic E-state index is 0.00674. The van der Waals surface area contributed by atoms with Gasteiger partial charge in [0.05, 0.1) is 0 Å². The lowest BCUT2D eigenvalue weighted by Gasteiger charge is -2.14. The van der Waals surface area contributed by atoms with Crippen LogP contribution in [0.25, 0.3) is 0 Å². The van der Waals surface area contributed by atoms with E-state index < -0.39 is 11.6 Å². The van der Waals surface area contributed by atoms with Gasteiger partial charge in [-0.2, -0.15) is 0 Å². The maximum atomic E-state index is 13.5. The molecule has 1 N–H and O–H groups in total. The van der Waals surface area contributed by atoms with E-state index in [9.17, 15) is 8.78 Å². The summed E-state index contributed by atoms with van der Waals surface area (Å²) in [5.74, 6) is -0.958. The van der Waals surface area contributed by atoms with Crippen molar-refractivity contribution < 1.29 is 8.78 Å². The van der Waals surface area contributed by atoms with Gasteiger partial charge in [0.1, 0.15) is 11.6 Å². The molecule has 0 saturated heterocycles. The highest BCUT2D eigenvalue weighted by Gasteiger charge is 2.12. The molecule has 0 aliphatic rings. The van der Waals surface area contributed by atoms with E-state index in [1.807, 2.05) is 18.4 Å². The summed E-state index contributed by atoms with van der Waals surface area (Å²) in [5.41, 5.74) is 0.148. The van der Waals surface area contributed by atoms with E-state index in [0.717, 1.165) is 4.47 Å². The standard InChI is InChI=1S/C14H14BrF2NS/c1-9(18-7-11-6-10(15)8-19-11)5-12-13(16)3-2-4-14(12)17/h2-4,6,8-9,18H,5,7H2,1H3. The van der Waals surface area contributed by atoms with E-state index in [4.69, 9.17) is 0 Å². The van der Waals surface area contributed by atoms with Crippen molar-refractivity contribution in [2.75, 3.05) is 0 Å². The van der Waals surface area contributed by atoms with Crippen LogP contribution in [0.2, 0.25) is 0 Å². The lowest BCUT2D eigenvalue weighted by molar-refractivity contribution is 0.501. The first-order valence-electron chi connectivity index (χ1n) is 5.95. The Morgan fingerprint density at radius 2 is 2.00 bits per heavy atom. The molecule has 0 fully saturated rings. The molecular weight excluding hydrogens is 332 g/mol. The maximum Gasteiger partial charge on any atom is 0.129 e. The number of nitrogens with one attached hydrogen (secondary N) is 1. The quantitative estimate of drug-likeness (QED) is 0.840. The Morgan fingerprint density at radius 1 is 1.32 bits per heavy atom. The molecule has 2 aromatic rings. The monoisotopic (exact) mass is 345 g/mol. The zero-order chi connectivity index (χ0) is 13.8. The van der Waals surface area contributed by atoms with Crippen LogP contribution in [0, 0.1) is 11.6 Å². The van der Waals surface area contributed by atoms with Crippen LogP contribution in [-0.2, 0) is 13.0 Å². The average Bonchev–Trinajstić information content (AvgIpc) is 2.77. The third-order valence-electron chi connectivity index (χ3n) is 2.82. The van der Waals surface area contributed by atoms with E-state index in [-0.39, 0.29) is 11.6 Å². The molecule has 0 spiro atoms. The van der Waals surface area contributed by atoms with Crippen LogP contribution in [0.15, 0.2) is 34.1 Å². The molecule has 1 heterocycles. The Bertz CT molecular complexity index is 536. The minimum Gasteiger partial charge on any atom is -0.309 e. The first-order valence-corrected chi connectivity index (χ1v) is 7.62. The Hall–Kier alpha value is -0.780. The van der Waals surface area contributed by atoms with Gasteiger partial charge in [0.25, 0.3) is 0 Å². The number of hydrogen-bond acceptors (Lipinski definition) is 2. The SMILES string of the molecule is CC(Cc1c(F)cccc1F)NCc1cc(Br)cs1. The lowest BCUT2D eigenvalue weighted by atomic mass is 10.1. The third-order valence-corrected chi connectivity index (χ3v) is 4.52. The molecule has 1 nitrogen and oxygen atoms in total. The fourth-order valence-corrected chi connectivity index (χ4v) is 3.23. The summed E-state index contributed by atoms with van der Waals surface area (Å²) >= 11 is 5.04. The summed E-state index contributed by atoms with van der Waals surface area (Å²) in [4.78, 5) is 1.19. The first-order chi connectivity index (χ1) is 9.06. The van der Waals surface area contributed by atoms with Gasteiger partial charge in [0.15, 0.2) is 0 Å². The van der Waals surface area contributed by atoms with Gasteiger partial charge in [-0.3, -0.25) is 0 Å². The van der Waals surface area contributed by atoms with Crippen molar-refractivity contribution in [2.45, 2.75) is 25.9 Å². The van der Waals surface area contributed by atoms with Gasteiger partial charge in [-0.15, -0.1) is 11.3 Å². The number of benzene rings is 1. The maximum absolute atomic E-state index is 13.5. The van der Waals surface area contributed by atoms with Crippen molar-refractivity contribution in [3.05, 3.63) is 56.2 Å². The summed E-state index contributed by atoms with van der Waals surface area (Å²) < 4.78 is 28.1. The second-order valence-electron chi connectivity index (χ2n) is 4.42. The molecule has 1 unspecified atom stereocenters. The summed E-state index contributed by atoms with van der Waals surface area (Å²) in [6, 6.07) is 6.01. The van der Waals surface area contributed by atoms with Crippen LogP contribution < -0.4 is 5.32 Å². The molecule has 0 bridgehead atoms. The van der Waals surface area contributed by atoms with Crippen molar-refractivity contribution in [2.24, 2.45) is 0 Å². The largest absolute Gasteiger partial charge is 0.309 e. The number of hydrogen-bond donors (Lipinski definition) is 1. The van der Waals surface area contributed by atoms with Crippen LogP contribution in [0.5, 0.6) is 0 Å². The van der Waals surface area contributed by atoms with E-state index in [1.54, 1.807) is 11.3 Å². The van der Waals surface area contributed by atoms with Crippen molar-refractivity contribution in [3.8, 4) is 0 Å². The Labute approximate surface area is 123 Å². The molecule has 0 saturated carbocycles. The highest BCUT2D eigenvalue weighted by Crippen LogP contribution is 2.20.